The highest BCUT2D eigenvalue weighted by molar-refractivity contribution is 5.87. The van der Waals surface area contributed by atoms with Gasteiger partial charge < -0.3 is 9.84 Å². The number of H-pyrrole nitrogens is 2. The normalized spacial score (nSPS) is 10.8. The van der Waals surface area contributed by atoms with Crippen LogP contribution >= 0.6 is 0 Å². The van der Waals surface area contributed by atoms with Gasteiger partial charge in [0.05, 0.1) is 12.1 Å². The molecule has 0 aliphatic heterocycles. The van der Waals surface area contributed by atoms with Crippen LogP contribution in [0.2, 0.25) is 0 Å². The Morgan fingerprint density at radius 2 is 1.87 bits per heavy atom. The third-order valence-corrected chi connectivity index (χ3v) is 3.13. The molecule has 10 heteroatoms. The van der Waals surface area contributed by atoms with Crippen LogP contribution in [0.5, 0.6) is 5.75 Å². The Morgan fingerprint density at radius 1 is 1.17 bits per heavy atom. The van der Waals surface area contributed by atoms with E-state index in [2.05, 4.69) is 20.5 Å². The molecule has 0 spiro atoms. The number of nitrogens with one attached hydrogen (secondary N) is 2. The molecule has 118 valence electrons. The van der Waals surface area contributed by atoms with Crippen molar-refractivity contribution in [2.24, 2.45) is 0 Å². The van der Waals surface area contributed by atoms with E-state index < -0.39 is 17.1 Å². The predicted molar refractivity (Wildman–Crippen MR) is 77.7 cm³/mol. The van der Waals surface area contributed by atoms with E-state index in [9.17, 15) is 14.4 Å². The van der Waals surface area contributed by atoms with Crippen molar-refractivity contribution in [2.75, 3.05) is 6.61 Å². The van der Waals surface area contributed by atoms with E-state index in [0.29, 0.717) is 5.75 Å². The Balaban J connectivity index is 1.72. The molecule has 0 fully saturated rings. The number of ether oxygens (including phenoxy) is 1. The molecule has 10 nitrogen and oxygen atoms in total. The summed E-state index contributed by atoms with van der Waals surface area (Å²) in [5.41, 5.74) is -0.852. The first kappa shape index (κ1) is 14.5. The predicted octanol–water partition coefficient (Wildman–Crippen LogP) is -0.415. The van der Waals surface area contributed by atoms with E-state index in [1.54, 1.807) is 0 Å². The summed E-state index contributed by atoms with van der Waals surface area (Å²) in [6.07, 6.45) is 0. The number of hydrogen-bond donors (Lipinski definition) is 3. The van der Waals surface area contributed by atoms with E-state index in [0.717, 1.165) is 0 Å². The SMILES string of the molecule is O=C(O)c1ccc(OCCn2nnc3c(=O)[nH][nH]c(=O)c32)cc1. The van der Waals surface area contributed by atoms with Crippen molar-refractivity contribution in [3.05, 3.63) is 50.5 Å². The number of aromatic carboxylic acids is 1. The minimum atomic E-state index is -1.02. The highest BCUT2D eigenvalue weighted by Gasteiger charge is 2.12. The smallest absolute Gasteiger partial charge is 0.335 e. The topological polar surface area (TPSA) is 143 Å². The zero-order valence-corrected chi connectivity index (χ0v) is 11.6. The summed E-state index contributed by atoms with van der Waals surface area (Å²) in [7, 11) is 0. The highest BCUT2D eigenvalue weighted by atomic mass is 16.5. The molecule has 0 atom stereocenters. The van der Waals surface area contributed by atoms with E-state index in [-0.39, 0.29) is 29.7 Å². The summed E-state index contributed by atoms with van der Waals surface area (Å²) in [5, 5.41) is 20.6. The molecule has 0 aliphatic rings. The summed E-state index contributed by atoms with van der Waals surface area (Å²) in [5.74, 6) is -0.541. The van der Waals surface area contributed by atoms with E-state index in [1.165, 1.54) is 28.9 Å². The van der Waals surface area contributed by atoms with Gasteiger partial charge in [-0.15, -0.1) is 5.10 Å². The number of nitrogens with zero attached hydrogens (tertiary/aromatic N) is 3. The summed E-state index contributed by atoms with van der Waals surface area (Å²) >= 11 is 0. The molecule has 3 rings (SSSR count). The van der Waals surface area contributed by atoms with Gasteiger partial charge in [0, 0.05) is 0 Å². The average Bonchev–Trinajstić information content (AvgIpc) is 2.97. The number of aromatic amines is 2. The van der Waals surface area contributed by atoms with E-state index in [1.807, 2.05) is 0 Å². The molecule has 2 heterocycles. The van der Waals surface area contributed by atoms with Crippen molar-refractivity contribution in [3.63, 3.8) is 0 Å². The lowest BCUT2D eigenvalue weighted by Crippen LogP contribution is -2.21. The first-order valence-electron chi connectivity index (χ1n) is 6.56. The van der Waals surface area contributed by atoms with Gasteiger partial charge in [-0.25, -0.2) is 9.48 Å². The summed E-state index contributed by atoms with van der Waals surface area (Å²) in [4.78, 5) is 34.0. The maximum absolute atomic E-state index is 11.7. The van der Waals surface area contributed by atoms with Gasteiger partial charge in [-0.05, 0) is 24.3 Å². The Bertz CT molecular complexity index is 969. The minimum absolute atomic E-state index is 0.0421. The second-order valence-corrected chi connectivity index (χ2v) is 4.60. The molecule has 3 N–H and O–H groups in total. The zero-order valence-electron chi connectivity index (χ0n) is 11.6. The van der Waals surface area contributed by atoms with Crippen molar-refractivity contribution in [1.82, 2.24) is 25.2 Å². The molecule has 0 saturated heterocycles. The van der Waals surface area contributed by atoms with Gasteiger partial charge in [0.25, 0.3) is 11.1 Å². The lowest BCUT2D eigenvalue weighted by Gasteiger charge is -2.06. The molecule has 1 aromatic carbocycles. The van der Waals surface area contributed by atoms with Crippen LogP contribution in [0.1, 0.15) is 10.4 Å². The minimum Gasteiger partial charge on any atom is -0.492 e. The van der Waals surface area contributed by atoms with Gasteiger partial charge in [-0.2, -0.15) is 0 Å². The number of rotatable bonds is 5. The quantitative estimate of drug-likeness (QED) is 0.580. The molecule has 0 aliphatic carbocycles. The van der Waals surface area contributed by atoms with Gasteiger partial charge in [-0.3, -0.25) is 19.8 Å². The van der Waals surface area contributed by atoms with Gasteiger partial charge >= 0.3 is 5.97 Å². The third-order valence-electron chi connectivity index (χ3n) is 3.13. The standard InChI is InChI=1S/C13H11N5O5/c19-11-9-10(12(20)16-15-11)18(17-14-9)5-6-23-8-3-1-7(2-4-8)13(21)22/h1-4H,5-6H2,(H,15,19)(H,16,20)(H,21,22). The fourth-order valence-electron chi connectivity index (χ4n) is 2.02. The molecular formula is C13H11N5O5. The second kappa shape index (κ2) is 5.75. The number of carboxylic acid groups (broad SMARTS) is 1. The highest BCUT2D eigenvalue weighted by Crippen LogP contribution is 2.12. The van der Waals surface area contributed by atoms with Crippen molar-refractivity contribution in [3.8, 4) is 5.75 Å². The average molecular weight is 317 g/mol. The van der Waals surface area contributed by atoms with Gasteiger partial charge in [0.2, 0.25) is 0 Å². The number of carboxylic acids is 1. The number of hydrogen-bond acceptors (Lipinski definition) is 6. The monoisotopic (exact) mass is 317 g/mol. The lowest BCUT2D eigenvalue weighted by atomic mass is 10.2. The van der Waals surface area contributed by atoms with Crippen LogP contribution in [0.15, 0.2) is 33.9 Å². The summed E-state index contributed by atoms with van der Waals surface area (Å²) < 4.78 is 6.73. The van der Waals surface area contributed by atoms with Crippen LogP contribution in [0.4, 0.5) is 0 Å². The first-order valence-corrected chi connectivity index (χ1v) is 6.56. The molecule has 0 radical (unpaired) electrons. The Kier molecular flexibility index (Phi) is 3.63. The van der Waals surface area contributed by atoms with Crippen molar-refractivity contribution in [1.29, 1.82) is 0 Å². The van der Waals surface area contributed by atoms with Crippen LogP contribution in [0.3, 0.4) is 0 Å². The molecular weight excluding hydrogens is 306 g/mol. The lowest BCUT2D eigenvalue weighted by molar-refractivity contribution is 0.0697. The van der Waals surface area contributed by atoms with Gasteiger partial charge in [-0.1, -0.05) is 5.21 Å². The molecule has 3 aromatic rings. The molecule has 23 heavy (non-hydrogen) atoms. The first-order chi connectivity index (χ1) is 11.1. The molecule has 0 saturated carbocycles. The van der Waals surface area contributed by atoms with Gasteiger partial charge in [0.15, 0.2) is 11.0 Å². The number of carbonyl (C=O) groups is 1. The maximum Gasteiger partial charge on any atom is 0.335 e. The molecule has 0 bridgehead atoms. The fourth-order valence-corrected chi connectivity index (χ4v) is 2.02. The van der Waals surface area contributed by atoms with Crippen LogP contribution in [0, 0.1) is 0 Å². The molecule has 0 amide bonds. The van der Waals surface area contributed by atoms with Crippen LogP contribution in [-0.2, 0) is 6.54 Å². The molecule has 2 aromatic heterocycles. The largest absolute Gasteiger partial charge is 0.492 e. The Morgan fingerprint density at radius 3 is 2.57 bits per heavy atom. The van der Waals surface area contributed by atoms with Crippen LogP contribution < -0.4 is 15.9 Å². The summed E-state index contributed by atoms with van der Waals surface area (Å²) in [6.45, 7) is 0.362. The van der Waals surface area contributed by atoms with Gasteiger partial charge in [0.1, 0.15) is 12.4 Å². The van der Waals surface area contributed by atoms with Crippen LogP contribution in [0.25, 0.3) is 11.0 Å². The Labute approximate surface area is 127 Å². The van der Waals surface area contributed by atoms with E-state index in [4.69, 9.17) is 9.84 Å². The molecule has 0 unspecified atom stereocenters. The zero-order chi connectivity index (χ0) is 16.4. The fraction of sp³-hybridized carbons (Fsp3) is 0.154. The van der Waals surface area contributed by atoms with Crippen molar-refractivity contribution in [2.45, 2.75) is 6.54 Å². The second-order valence-electron chi connectivity index (χ2n) is 4.60. The summed E-state index contributed by atoms with van der Waals surface area (Å²) in [6, 6.07) is 5.90. The number of fused-ring (bicyclic) bond motifs is 1. The maximum atomic E-state index is 11.7. The third kappa shape index (κ3) is 2.81. The van der Waals surface area contributed by atoms with E-state index >= 15 is 0 Å². The van der Waals surface area contributed by atoms with Crippen molar-refractivity contribution >= 4 is 17.0 Å². The number of aromatic nitrogens is 5. The van der Waals surface area contributed by atoms with Crippen LogP contribution in [-0.4, -0.2) is 42.9 Å². The number of benzene rings is 1. The van der Waals surface area contributed by atoms with Crippen molar-refractivity contribution < 1.29 is 14.6 Å². The Hall–Kier alpha value is -3.43.